The third-order valence-electron chi connectivity index (χ3n) is 34.8. The van der Waals surface area contributed by atoms with Crippen LogP contribution in [0, 0.1) is 147 Å². The van der Waals surface area contributed by atoms with E-state index in [1.165, 1.54) is 231 Å². The van der Waals surface area contributed by atoms with Gasteiger partial charge < -0.3 is 52.1 Å². The molecule has 0 heterocycles. The second-order valence-corrected chi connectivity index (χ2v) is 44.4. The van der Waals surface area contributed by atoms with Gasteiger partial charge in [0.2, 0.25) is 0 Å². The molecule has 0 aromatic carbocycles. The van der Waals surface area contributed by atoms with Crippen molar-refractivity contribution in [3.05, 3.63) is 0 Å². The van der Waals surface area contributed by atoms with Crippen LogP contribution in [0.5, 0.6) is 0 Å². The van der Waals surface area contributed by atoms with E-state index in [-0.39, 0.29) is 0 Å². The van der Waals surface area contributed by atoms with Crippen molar-refractivity contribution in [3.8, 4) is 0 Å². The van der Waals surface area contributed by atoms with Gasteiger partial charge in [-0.1, -0.05) is 139 Å². The first-order valence-electron chi connectivity index (χ1n) is 52.9. The number of rotatable bonds is 28. The minimum atomic E-state index is 0.351. The number of hydrogen-bond donors (Lipinski definition) is 0. The highest BCUT2D eigenvalue weighted by Gasteiger charge is 2.54. The van der Waals surface area contributed by atoms with E-state index >= 15 is 0 Å². The molecular formula is C109H208O11. The lowest BCUT2D eigenvalue weighted by Gasteiger charge is -2.56. The summed E-state index contributed by atoms with van der Waals surface area (Å²) in [5.74, 6) is 22.7. The van der Waals surface area contributed by atoms with Crippen LogP contribution in [0.25, 0.3) is 0 Å². The largest absolute Gasteiger partial charge is 0.381 e. The van der Waals surface area contributed by atoms with Crippen molar-refractivity contribution in [2.24, 2.45) is 147 Å². The summed E-state index contributed by atoms with van der Waals surface area (Å²) < 4.78 is 60.3. The van der Waals surface area contributed by atoms with Gasteiger partial charge in [-0.2, -0.15) is 0 Å². The molecule has 20 saturated carbocycles. The quantitative estimate of drug-likeness (QED) is 0.0748. The highest BCUT2D eigenvalue weighted by Crippen LogP contribution is 2.61. The third kappa shape index (κ3) is 36.7. The Bertz CT molecular complexity index is 2360. The van der Waals surface area contributed by atoms with Gasteiger partial charge in [0.1, 0.15) is 0 Å². The Morgan fingerprint density at radius 3 is 1.02 bits per heavy atom. The molecule has 120 heavy (non-hydrogen) atoms. The Morgan fingerprint density at radius 1 is 0.300 bits per heavy atom. The van der Waals surface area contributed by atoms with Gasteiger partial charge in [0.05, 0.1) is 61.0 Å². The fourth-order valence-electron chi connectivity index (χ4n) is 27.3. The summed E-state index contributed by atoms with van der Waals surface area (Å²) in [6.45, 7) is 52.7. The van der Waals surface area contributed by atoms with Crippen LogP contribution < -0.4 is 0 Å². The average Bonchev–Trinajstić information content (AvgIpc) is 0.769. The van der Waals surface area contributed by atoms with Crippen LogP contribution in [0.4, 0.5) is 0 Å². The Kier molecular flexibility index (Phi) is 52.7. The van der Waals surface area contributed by atoms with Gasteiger partial charge in [-0.25, -0.2) is 0 Å². The summed E-state index contributed by atoms with van der Waals surface area (Å²) in [6, 6.07) is 0. The molecule has 20 aliphatic rings. The smallest absolute Gasteiger partial charge is 0.0690 e. The monoisotopic (exact) mass is 1690 g/mol. The van der Waals surface area contributed by atoms with Crippen molar-refractivity contribution in [3.63, 3.8) is 0 Å². The van der Waals surface area contributed by atoms with E-state index in [4.69, 9.17) is 52.1 Å². The van der Waals surface area contributed by atoms with Crippen molar-refractivity contribution in [1.82, 2.24) is 0 Å². The molecule has 10 atom stereocenters. The van der Waals surface area contributed by atoms with Gasteiger partial charge in [0, 0.05) is 81.8 Å². The highest BCUT2D eigenvalue weighted by molar-refractivity contribution is 5.05. The molecule has 20 aliphatic carbocycles. The SMILES string of the molecule is CCC(C)C(C)OC.CCOC(C)C(C)C.CCOC12CC3CC(CC(C3)C1)C2.CCOC1C2CC3CC(C2)CC1C3.CCOC1CCCC(C2CCCCC2)C1.CCOCC12CC3CC(CC(C3)C1)C2.CCOCC1C2CC3CC(C2)CC1C3.COC(C)C(C)C.COC(C)C(C)C(C)C.COC(C)C1CCCC1.COC(C)C1CCCCC1. The van der Waals surface area contributed by atoms with E-state index in [1.807, 2.05) is 21.1 Å². The molecule has 20 rings (SSSR count). The first kappa shape index (κ1) is 108. The summed E-state index contributed by atoms with van der Waals surface area (Å²) in [5, 5.41) is 0. The van der Waals surface area contributed by atoms with E-state index in [2.05, 4.69) is 138 Å². The van der Waals surface area contributed by atoms with Crippen molar-refractivity contribution >= 4 is 0 Å². The molecular weight excluding hydrogens is 1490 g/mol. The van der Waals surface area contributed by atoms with E-state index in [1.54, 1.807) is 53.4 Å². The van der Waals surface area contributed by atoms with Gasteiger partial charge in [0.25, 0.3) is 0 Å². The zero-order valence-electron chi connectivity index (χ0n) is 84.6. The lowest BCUT2D eigenvalue weighted by Crippen LogP contribution is -2.51. The van der Waals surface area contributed by atoms with E-state index in [0.29, 0.717) is 83.5 Å². The first-order chi connectivity index (χ1) is 57.6. The van der Waals surface area contributed by atoms with Crippen LogP contribution in [0.3, 0.4) is 0 Å². The Labute approximate surface area is 746 Å². The maximum Gasteiger partial charge on any atom is 0.0690 e. The van der Waals surface area contributed by atoms with Crippen molar-refractivity contribution in [2.45, 2.75) is 463 Å². The van der Waals surface area contributed by atoms with Crippen LogP contribution in [0.15, 0.2) is 0 Å². The molecule has 11 nitrogen and oxygen atoms in total. The normalized spacial score (nSPS) is 35.7. The van der Waals surface area contributed by atoms with Crippen LogP contribution in [0.2, 0.25) is 0 Å². The minimum Gasteiger partial charge on any atom is -0.381 e. The van der Waals surface area contributed by atoms with Gasteiger partial charge in [0.15, 0.2) is 0 Å². The maximum absolute atomic E-state index is 6.04. The van der Waals surface area contributed by atoms with Crippen LogP contribution in [0.1, 0.15) is 409 Å². The summed E-state index contributed by atoms with van der Waals surface area (Å²) in [4.78, 5) is 0. The van der Waals surface area contributed by atoms with E-state index in [9.17, 15) is 0 Å². The molecule has 20 fully saturated rings. The molecule has 0 radical (unpaired) electrons. The first-order valence-corrected chi connectivity index (χ1v) is 52.9. The molecule has 0 aromatic rings. The molecule has 0 amide bonds. The summed E-state index contributed by atoms with van der Waals surface area (Å²) in [5.41, 5.74) is 0.980. The zero-order chi connectivity index (χ0) is 87.9. The van der Waals surface area contributed by atoms with Crippen molar-refractivity contribution in [1.29, 1.82) is 0 Å². The summed E-state index contributed by atoms with van der Waals surface area (Å²) >= 11 is 0. The summed E-state index contributed by atoms with van der Waals surface area (Å²) in [7, 11) is 8.90. The highest BCUT2D eigenvalue weighted by atomic mass is 16.5. The maximum atomic E-state index is 6.04. The number of ether oxygens (including phenoxy) is 11. The second kappa shape index (κ2) is 58.4. The number of hydrogen-bond acceptors (Lipinski definition) is 11. The predicted octanol–water partition coefficient (Wildman–Crippen LogP) is 29.3. The lowest BCUT2D eigenvalue weighted by atomic mass is 9.50. The molecule has 710 valence electrons. The Hall–Kier alpha value is -0.440. The summed E-state index contributed by atoms with van der Waals surface area (Å²) in [6.07, 6.45) is 63.7. The van der Waals surface area contributed by atoms with Crippen LogP contribution >= 0.6 is 0 Å². The van der Waals surface area contributed by atoms with Gasteiger partial charge in [-0.3, -0.25) is 0 Å². The minimum absolute atomic E-state index is 0.351. The molecule has 0 N–H and O–H groups in total. The van der Waals surface area contributed by atoms with Crippen molar-refractivity contribution in [2.75, 3.05) is 88.4 Å². The topological polar surface area (TPSA) is 102 Å². The second-order valence-electron chi connectivity index (χ2n) is 44.4. The standard InChI is InChI=1S/C14H26O.2C13H22O.2C12H20O.C9H18O.C8H16O.C8H18O.2C7H16O.C6H14O/c1-2-15-14-10-6-9-13(11-14)12-7-4-3-5-8-12;1-2-14-9-13-6-10-3-11(7-13)5-12(4-10)8-13;1-2-14-8-13-11-4-9-3-10(6-11)7-12(13)5-9;1-2-13-12-6-9-3-10(7-12)5-11(4-9)8-12;1-2-13-12-10-4-8-3-9(6-10)7-11(12)5-8;1-8(10-2)9-6-4-3-5-7-9;1-7(9-2)8-5-3-4-6-8;1-6(2)7(3)8(4)9-5;1-5-6(2)7(3)8-4;1-5-8-7(4)6(2)3;1-5(2)6(3)7-4/h12-14H,2-11H2,1H3;10-12H,2-9H2,1H3;9-13H,2-8H2,1H3;9-11H,2-8H2,1H3;8-12H,2-7H2,1H3;8-9H,3-7H2,1-2H3;7-8H,3-6H2,1-2H3;6-8H,1-5H3;2*6-7H,5H2,1-4H3;5-6H,1-4H3. The Balaban J connectivity index is 0.000000207. The average molecular weight is 1690 g/mol. The zero-order valence-corrected chi connectivity index (χ0v) is 84.6. The molecule has 11 heteroatoms. The molecule has 0 aliphatic heterocycles. The van der Waals surface area contributed by atoms with Gasteiger partial charge in [-0.15, -0.1) is 0 Å². The predicted molar refractivity (Wildman–Crippen MR) is 508 cm³/mol. The molecule has 0 saturated heterocycles. The van der Waals surface area contributed by atoms with E-state index < -0.39 is 0 Å². The number of methoxy groups -OCH3 is 5. The fourth-order valence-corrected chi connectivity index (χ4v) is 27.3. The van der Waals surface area contributed by atoms with Crippen molar-refractivity contribution < 1.29 is 52.1 Å². The molecule has 0 spiro atoms. The fraction of sp³-hybridized carbons (Fsp3) is 1.00. The van der Waals surface area contributed by atoms with Crippen LogP contribution in [-0.2, 0) is 52.1 Å². The van der Waals surface area contributed by atoms with Crippen LogP contribution in [-0.4, -0.2) is 143 Å². The van der Waals surface area contributed by atoms with Gasteiger partial charge >= 0.3 is 0 Å². The Morgan fingerprint density at radius 2 is 0.692 bits per heavy atom. The molecule has 16 bridgehead atoms. The third-order valence-corrected chi connectivity index (χ3v) is 34.8. The lowest BCUT2D eigenvalue weighted by molar-refractivity contribution is -0.159. The molecule has 0 aromatic heterocycles. The molecule has 10 unspecified atom stereocenters. The van der Waals surface area contributed by atoms with Gasteiger partial charge in [-0.05, 0) is 417 Å². The van der Waals surface area contributed by atoms with E-state index in [0.717, 1.165) is 171 Å².